The molecule has 2 fully saturated rings. The summed E-state index contributed by atoms with van der Waals surface area (Å²) in [6.45, 7) is 5.27. The molecular weight excluding hydrogens is 448 g/mol. The smallest absolute Gasteiger partial charge is 0.272 e. The highest BCUT2D eigenvalue weighted by Crippen LogP contribution is 2.24. The standard InChI is InChI=1S/C30H36N4O2/c1-22-28(13-12-23-7-5-10-25(19-23)24-8-3-2-4-9-24)31-21-32-29(22)30(36)33-17-14-26(15-18-33)34-16-6-11-27(35)20-34/h2-5,7-10,19,21,26-27,35H,6,11-18,20H2,1H3. The fraction of sp³-hybridized carbons (Fsp3) is 0.433. The number of rotatable bonds is 6. The van der Waals surface area contributed by atoms with Gasteiger partial charge >= 0.3 is 0 Å². The summed E-state index contributed by atoms with van der Waals surface area (Å²) >= 11 is 0. The number of nitrogens with zero attached hydrogens (tertiary/aromatic N) is 4. The fourth-order valence-electron chi connectivity index (χ4n) is 5.65. The van der Waals surface area contributed by atoms with Gasteiger partial charge < -0.3 is 10.0 Å². The minimum absolute atomic E-state index is 0.0133. The Bertz CT molecular complexity index is 1170. The molecule has 1 aromatic heterocycles. The van der Waals surface area contributed by atoms with Gasteiger partial charge in [0.2, 0.25) is 0 Å². The Morgan fingerprint density at radius 3 is 2.50 bits per heavy atom. The molecule has 188 valence electrons. The van der Waals surface area contributed by atoms with Crippen molar-refractivity contribution >= 4 is 5.91 Å². The minimum Gasteiger partial charge on any atom is -0.392 e. The number of hydrogen-bond acceptors (Lipinski definition) is 5. The van der Waals surface area contributed by atoms with Crippen LogP contribution in [0.4, 0.5) is 0 Å². The number of aryl methyl sites for hydroxylation is 2. The van der Waals surface area contributed by atoms with Crippen molar-refractivity contribution in [3.63, 3.8) is 0 Å². The van der Waals surface area contributed by atoms with Crippen molar-refractivity contribution in [2.45, 2.75) is 57.6 Å². The van der Waals surface area contributed by atoms with Gasteiger partial charge in [-0.2, -0.15) is 0 Å². The quantitative estimate of drug-likeness (QED) is 0.565. The lowest BCUT2D eigenvalue weighted by Gasteiger charge is -2.41. The van der Waals surface area contributed by atoms with Gasteiger partial charge in [0.15, 0.2) is 0 Å². The maximum absolute atomic E-state index is 13.4. The van der Waals surface area contributed by atoms with Gasteiger partial charge in [-0.15, -0.1) is 0 Å². The molecule has 3 heterocycles. The van der Waals surface area contributed by atoms with Gasteiger partial charge in [0.05, 0.1) is 6.10 Å². The molecule has 6 nitrogen and oxygen atoms in total. The van der Waals surface area contributed by atoms with Crippen molar-refractivity contribution < 1.29 is 9.90 Å². The third kappa shape index (κ3) is 5.66. The molecule has 2 aliphatic heterocycles. The van der Waals surface area contributed by atoms with Crippen LogP contribution in [0.5, 0.6) is 0 Å². The third-order valence-corrected chi connectivity index (χ3v) is 7.77. The second kappa shape index (κ2) is 11.3. The lowest BCUT2D eigenvalue weighted by Crippen LogP contribution is -2.50. The van der Waals surface area contributed by atoms with E-state index in [0.29, 0.717) is 11.7 Å². The number of amides is 1. The highest BCUT2D eigenvalue weighted by Gasteiger charge is 2.31. The summed E-state index contributed by atoms with van der Waals surface area (Å²) in [6.07, 6.45) is 6.83. The van der Waals surface area contributed by atoms with E-state index in [9.17, 15) is 9.90 Å². The summed E-state index contributed by atoms with van der Waals surface area (Å²) in [5.74, 6) is 0.0133. The van der Waals surface area contributed by atoms with E-state index in [2.05, 4.69) is 63.4 Å². The molecule has 3 aromatic rings. The Balaban J connectivity index is 1.21. The second-order valence-corrected chi connectivity index (χ2v) is 10.2. The first-order chi connectivity index (χ1) is 17.6. The van der Waals surface area contributed by atoms with Crippen LogP contribution >= 0.6 is 0 Å². The van der Waals surface area contributed by atoms with Crippen molar-refractivity contribution in [1.29, 1.82) is 0 Å². The number of hydrogen-bond donors (Lipinski definition) is 1. The van der Waals surface area contributed by atoms with Crippen molar-refractivity contribution in [2.24, 2.45) is 0 Å². The molecule has 1 amide bonds. The third-order valence-electron chi connectivity index (χ3n) is 7.77. The fourth-order valence-corrected chi connectivity index (χ4v) is 5.65. The van der Waals surface area contributed by atoms with Crippen LogP contribution in [-0.2, 0) is 12.8 Å². The first-order valence-corrected chi connectivity index (χ1v) is 13.2. The van der Waals surface area contributed by atoms with Crippen LogP contribution < -0.4 is 0 Å². The summed E-state index contributed by atoms with van der Waals surface area (Å²) in [5.41, 5.74) is 6.05. The van der Waals surface area contributed by atoms with E-state index in [4.69, 9.17) is 0 Å². The van der Waals surface area contributed by atoms with Crippen molar-refractivity contribution in [3.05, 3.63) is 83.4 Å². The van der Waals surface area contributed by atoms with Gasteiger partial charge in [0.25, 0.3) is 5.91 Å². The molecule has 0 spiro atoms. The monoisotopic (exact) mass is 484 g/mol. The van der Waals surface area contributed by atoms with E-state index < -0.39 is 0 Å². The molecule has 0 radical (unpaired) electrons. The number of piperidine rings is 2. The van der Waals surface area contributed by atoms with Crippen molar-refractivity contribution in [2.75, 3.05) is 26.2 Å². The second-order valence-electron chi connectivity index (χ2n) is 10.2. The van der Waals surface area contributed by atoms with Gasteiger partial charge in [-0.05, 0) is 68.7 Å². The molecule has 1 N–H and O–H groups in total. The van der Waals surface area contributed by atoms with Crippen LogP contribution in [0, 0.1) is 6.92 Å². The summed E-state index contributed by atoms with van der Waals surface area (Å²) < 4.78 is 0. The largest absolute Gasteiger partial charge is 0.392 e. The lowest BCUT2D eigenvalue weighted by atomic mass is 9.98. The number of carbonyl (C=O) groups excluding carboxylic acids is 1. The number of β-amino-alcohol motifs (C(OH)–C–C–N with tert-alkyl or cyclic N) is 1. The Hall–Kier alpha value is -3.09. The van der Waals surface area contributed by atoms with E-state index in [1.165, 1.54) is 23.0 Å². The Labute approximate surface area is 214 Å². The molecule has 0 bridgehead atoms. The molecule has 1 unspecified atom stereocenters. The maximum Gasteiger partial charge on any atom is 0.272 e. The Morgan fingerprint density at radius 2 is 1.72 bits per heavy atom. The maximum atomic E-state index is 13.4. The van der Waals surface area contributed by atoms with Gasteiger partial charge in [-0.25, -0.2) is 9.97 Å². The van der Waals surface area contributed by atoms with Crippen LogP contribution in [-0.4, -0.2) is 69.1 Å². The summed E-state index contributed by atoms with van der Waals surface area (Å²) in [7, 11) is 0. The first-order valence-electron chi connectivity index (χ1n) is 13.2. The lowest BCUT2D eigenvalue weighted by molar-refractivity contribution is 0.0239. The van der Waals surface area contributed by atoms with E-state index in [1.54, 1.807) is 0 Å². The van der Waals surface area contributed by atoms with Crippen LogP contribution in [0.1, 0.15) is 53.0 Å². The summed E-state index contributed by atoms with van der Waals surface area (Å²) in [6, 6.07) is 19.5. The number of carbonyl (C=O) groups is 1. The molecule has 5 rings (SSSR count). The van der Waals surface area contributed by atoms with E-state index in [1.807, 2.05) is 17.9 Å². The van der Waals surface area contributed by atoms with Gasteiger partial charge in [-0.3, -0.25) is 9.69 Å². The Kier molecular flexibility index (Phi) is 7.73. The topological polar surface area (TPSA) is 69.6 Å². The normalized spacial score (nSPS) is 19.4. The predicted octanol–water partition coefficient (Wildman–Crippen LogP) is 4.30. The number of aliphatic hydroxyl groups excluding tert-OH is 1. The zero-order valence-electron chi connectivity index (χ0n) is 21.1. The van der Waals surface area contributed by atoms with Crippen molar-refractivity contribution in [1.82, 2.24) is 19.8 Å². The van der Waals surface area contributed by atoms with Crippen LogP contribution in [0.2, 0.25) is 0 Å². The number of likely N-dealkylation sites (tertiary alicyclic amines) is 2. The summed E-state index contributed by atoms with van der Waals surface area (Å²) in [5, 5.41) is 10.0. The molecule has 0 aliphatic carbocycles. The number of benzene rings is 2. The van der Waals surface area contributed by atoms with E-state index in [0.717, 1.165) is 76.0 Å². The first kappa shape index (κ1) is 24.6. The van der Waals surface area contributed by atoms with Crippen LogP contribution in [0.3, 0.4) is 0 Å². The molecule has 2 aromatic carbocycles. The van der Waals surface area contributed by atoms with Crippen LogP contribution in [0.25, 0.3) is 11.1 Å². The molecule has 6 heteroatoms. The molecule has 1 atom stereocenters. The highest BCUT2D eigenvalue weighted by atomic mass is 16.3. The highest BCUT2D eigenvalue weighted by molar-refractivity contribution is 5.93. The van der Waals surface area contributed by atoms with Gasteiger partial charge in [0, 0.05) is 36.9 Å². The van der Waals surface area contributed by atoms with E-state index >= 15 is 0 Å². The zero-order valence-corrected chi connectivity index (χ0v) is 21.1. The van der Waals surface area contributed by atoms with Crippen molar-refractivity contribution in [3.8, 4) is 11.1 Å². The SMILES string of the molecule is Cc1c(CCc2cccc(-c3ccccc3)c2)ncnc1C(=O)N1CCC(N2CCCC(O)C2)CC1. The predicted molar refractivity (Wildman–Crippen MR) is 142 cm³/mol. The molecule has 0 saturated carbocycles. The number of aromatic nitrogens is 2. The van der Waals surface area contributed by atoms with Crippen LogP contribution in [0.15, 0.2) is 60.9 Å². The van der Waals surface area contributed by atoms with Gasteiger partial charge in [-0.1, -0.05) is 54.6 Å². The summed E-state index contributed by atoms with van der Waals surface area (Å²) in [4.78, 5) is 26.6. The zero-order chi connectivity index (χ0) is 24.9. The average Bonchev–Trinajstić information content (AvgIpc) is 2.93. The van der Waals surface area contributed by atoms with Gasteiger partial charge in [0.1, 0.15) is 12.0 Å². The molecular formula is C30H36N4O2. The van der Waals surface area contributed by atoms with E-state index in [-0.39, 0.29) is 12.0 Å². The molecule has 2 saturated heterocycles. The molecule has 2 aliphatic rings. The number of aliphatic hydroxyl groups is 1. The minimum atomic E-state index is -0.207. The average molecular weight is 485 g/mol. The molecule has 36 heavy (non-hydrogen) atoms. The Morgan fingerprint density at radius 1 is 0.944 bits per heavy atom.